The number of hydrogen-bond acceptors (Lipinski definition) is 3. The second-order valence-corrected chi connectivity index (χ2v) is 5.89. The molecule has 0 unspecified atom stereocenters. The number of ketones is 1. The molecule has 0 radical (unpaired) electrons. The number of halogens is 2. The van der Waals surface area contributed by atoms with Gasteiger partial charge in [0.25, 0.3) is 0 Å². The second kappa shape index (κ2) is 6.49. The van der Waals surface area contributed by atoms with Crippen molar-refractivity contribution in [3.05, 3.63) is 76.3 Å². The molecule has 122 valence electrons. The van der Waals surface area contributed by atoms with E-state index in [-0.39, 0.29) is 22.1 Å². The van der Waals surface area contributed by atoms with Crippen LogP contribution in [0, 0.1) is 5.82 Å². The Kier molecular flexibility index (Phi) is 4.40. The van der Waals surface area contributed by atoms with Crippen molar-refractivity contribution in [1.29, 1.82) is 0 Å². The maximum absolute atomic E-state index is 13.9. The van der Waals surface area contributed by atoms with Crippen LogP contribution in [0.4, 0.5) is 4.39 Å². The molecule has 0 spiro atoms. The number of hydrogen-bond donors (Lipinski definition) is 0. The lowest BCUT2D eigenvalue weighted by molar-refractivity contribution is 0.101. The van der Waals surface area contributed by atoms with Crippen LogP contribution in [0.25, 0.3) is 6.08 Å². The fraction of sp³-hybridized carbons (Fsp3) is 0.105. The third-order valence-electron chi connectivity index (χ3n) is 3.40. The van der Waals surface area contributed by atoms with Crippen LogP contribution in [0.15, 0.2) is 54.3 Å². The molecule has 0 saturated carbocycles. The molecular weight excluding hydrogens is 331 g/mol. The van der Waals surface area contributed by atoms with Gasteiger partial charge in [-0.15, -0.1) is 0 Å². The summed E-state index contributed by atoms with van der Waals surface area (Å²) in [7, 11) is 0. The van der Waals surface area contributed by atoms with E-state index in [2.05, 4.69) is 6.58 Å². The summed E-state index contributed by atoms with van der Waals surface area (Å²) < 4.78 is 25.0. The Morgan fingerprint density at radius 3 is 2.88 bits per heavy atom. The van der Waals surface area contributed by atoms with Crippen molar-refractivity contribution < 1.29 is 18.7 Å². The summed E-state index contributed by atoms with van der Waals surface area (Å²) in [5.41, 5.74) is 1.40. The van der Waals surface area contributed by atoms with Crippen LogP contribution in [-0.4, -0.2) is 12.4 Å². The third kappa shape index (κ3) is 3.19. The third-order valence-corrected chi connectivity index (χ3v) is 3.73. The number of allylic oxidation sites excluding steroid dienone is 1. The molecule has 3 nitrogen and oxygen atoms in total. The van der Waals surface area contributed by atoms with Crippen molar-refractivity contribution in [3.8, 4) is 11.5 Å². The highest BCUT2D eigenvalue weighted by molar-refractivity contribution is 6.32. The van der Waals surface area contributed by atoms with Crippen LogP contribution >= 0.6 is 11.6 Å². The Morgan fingerprint density at radius 1 is 1.38 bits per heavy atom. The van der Waals surface area contributed by atoms with E-state index >= 15 is 0 Å². The summed E-state index contributed by atoms with van der Waals surface area (Å²) in [6.45, 7) is 5.99. The minimum atomic E-state index is -0.521. The first-order chi connectivity index (χ1) is 11.5. The zero-order valence-corrected chi connectivity index (χ0v) is 13.7. The maximum Gasteiger partial charge on any atom is 0.231 e. The van der Waals surface area contributed by atoms with E-state index in [9.17, 15) is 9.18 Å². The molecule has 3 rings (SSSR count). The Labute approximate surface area is 144 Å². The first-order valence-corrected chi connectivity index (χ1v) is 7.63. The highest BCUT2D eigenvalue weighted by atomic mass is 35.5. The summed E-state index contributed by atoms with van der Waals surface area (Å²) in [6, 6.07) is 9.25. The van der Waals surface area contributed by atoms with Gasteiger partial charge in [0.1, 0.15) is 23.9 Å². The molecule has 0 saturated heterocycles. The minimum absolute atomic E-state index is 0.0223. The van der Waals surface area contributed by atoms with Gasteiger partial charge in [-0.3, -0.25) is 4.79 Å². The lowest BCUT2D eigenvalue weighted by Gasteiger charge is -2.06. The summed E-state index contributed by atoms with van der Waals surface area (Å²) in [5.74, 6) is 0.116. The van der Waals surface area contributed by atoms with E-state index in [4.69, 9.17) is 21.1 Å². The second-order valence-electron chi connectivity index (χ2n) is 5.48. The molecule has 5 heteroatoms. The molecule has 0 fully saturated rings. The van der Waals surface area contributed by atoms with Gasteiger partial charge in [-0.05, 0) is 42.8 Å². The van der Waals surface area contributed by atoms with Gasteiger partial charge in [0.15, 0.2) is 5.76 Å². The number of fused-ring (bicyclic) bond motifs is 1. The molecule has 0 N–H and O–H groups in total. The first-order valence-electron chi connectivity index (χ1n) is 7.25. The number of carbonyl (C=O) groups excluding carboxylic acids is 1. The van der Waals surface area contributed by atoms with Gasteiger partial charge in [0.05, 0.1) is 10.6 Å². The highest BCUT2D eigenvalue weighted by Gasteiger charge is 2.28. The average molecular weight is 345 g/mol. The Hall–Kier alpha value is -2.59. The van der Waals surface area contributed by atoms with Crippen LogP contribution in [-0.2, 0) is 0 Å². The van der Waals surface area contributed by atoms with Crippen LogP contribution < -0.4 is 9.47 Å². The molecular formula is C19H14ClFO3. The number of benzene rings is 2. The van der Waals surface area contributed by atoms with Crippen LogP contribution in [0.1, 0.15) is 22.8 Å². The van der Waals surface area contributed by atoms with E-state index < -0.39 is 5.82 Å². The summed E-state index contributed by atoms with van der Waals surface area (Å²) in [4.78, 5) is 12.4. The molecule has 2 aromatic carbocycles. The summed E-state index contributed by atoms with van der Waals surface area (Å²) in [5, 5.41) is 0.209. The van der Waals surface area contributed by atoms with Crippen molar-refractivity contribution in [1.82, 2.24) is 0 Å². The van der Waals surface area contributed by atoms with E-state index in [0.717, 1.165) is 5.57 Å². The predicted octanol–water partition coefficient (Wildman–Crippen LogP) is 5.05. The molecule has 0 amide bonds. The zero-order chi connectivity index (χ0) is 17.3. The minimum Gasteiger partial charge on any atom is -0.489 e. The van der Waals surface area contributed by atoms with Crippen molar-refractivity contribution in [3.63, 3.8) is 0 Å². The van der Waals surface area contributed by atoms with E-state index in [1.54, 1.807) is 24.3 Å². The lowest BCUT2D eigenvalue weighted by Crippen LogP contribution is -1.99. The van der Waals surface area contributed by atoms with E-state index in [0.29, 0.717) is 23.7 Å². The number of carbonyl (C=O) groups is 1. The normalized spacial score (nSPS) is 14.5. The number of rotatable bonds is 4. The molecule has 0 bridgehead atoms. The van der Waals surface area contributed by atoms with Crippen molar-refractivity contribution >= 4 is 23.5 Å². The maximum atomic E-state index is 13.9. The van der Waals surface area contributed by atoms with Gasteiger partial charge in [-0.1, -0.05) is 24.2 Å². The smallest absolute Gasteiger partial charge is 0.231 e. The first kappa shape index (κ1) is 16.3. The lowest BCUT2D eigenvalue weighted by atomic mass is 10.1. The van der Waals surface area contributed by atoms with Crippen molar-refractivity contribution in [2.24, 2.45) is 0 Å². The van der Waals surface area contributed by atoms with Gasteiger partial charge in [0, 0.05) is 11.6 Å². The highest BCUT2D eigenvalue weighted by Crippen LogP contribution is 2.35. The monoisotopic (exact) mass is 344 g/mol. The number of ether oxygens (including phenoxy) is 2. The fourth-order valence-electron chi connectivity index (χ4n) is 2.24. The largest absolute Gasteiger partial charge is 0.489 e. The Morgan fingerprint density at radius 2 is 2.17 bits per heavy atom. The van der Waals surface area contributed by atoms with Gasteiger partial charge in [-0.2, -0.15) is 0 Å². The molecule has 0 aliphatic carbocycles. The average Bonchev–Trinajstić information content (AvgIpc) is 2.85. The summed E-state index contributed by atoms with van der Waals surface area (Å²) in [6.07, 6.45) is 1.31. The van der Waals surface area contributed by atoms with Gasteiger partial charge < -0.3 is 9.47 Å². The topological polar surface area (TPSA) is 35.5 Å². The molecule has 1 heterocycles. The molecule has 0 atom stereocenters. The molecule has 1 aliphatic heterocycles. The molecule has 2 aromatic rings. The van der Waals surface area contributed by atoms with Crippen LogP contribution in [0.5, 0.6) is 11.5 Å². The zero-order valence-electron chi connectivity index (χ0n) is 12.9. The Bertz CT molecular complexity index is 851. The fourth-order valence-corrected chi connectivity index (χ4v) is 2.46. The van der Waals surface area contributed by atoms with Gasteiger partial charge in [0.2, 0.25) is 5.78 Å². The van der Waals surface area contributed by atoms with Crippen molar-refractivity contribution in [2.75, 3.05) is 6.61 Å². The predicted molar refractivity (Wildman–Crippen MR) is 91.1 cm³/mol. The standard InChI is InChI=1S/C19H14ClFO3/c1-11(2)10-23-12-6-7-13-17(8-12)24-18(19(13)22)9-14-15(20)4-3-5-16(14)21/h3-9H,1,10H2,2H3. The molecule has 1 aliphatic rings. The summed E-state index contributed by atoms with van der Waals surface area (Å²) >= 11 is 5.98. The Balaban J connectivity index is 1.90. The van der Waals surface area contributed by atoms with Crippen LogP contribution in [0.2, 0.25) is 5.02 Å². The molecule has 24 heavy (non-hydrogen) atoms. The van der Waals surface area contributed by atoms with E-state index in [1.165, 1.54) is 18.2 Å². The van der Waals surface area contributed by atoms with E-state index in [1.807, 2.05) is 6.92 Å². The molecule has 0 aromatic heterocycles. The SMILES string of the molecule is C=C(C)COc1ccc2c(c1)OC(=Cc1c(F)cccc1Cl)C2=O. The van der Waals surface area contributed by atoms with Crippen molar-refractivity contribution in [2.45, 2.75) is 6.92 Å². The quantitative estimate of drug-likeness (QED) is 0.575. The van der Waals surface area contributed by atoms with Crippen LogP contribution in [0.3, 0.4) is 0 Å². The number of Topliss-reactive ketones (excluding diaryl/α,β-unsaturated/α-hetero) is 1. The van der Waals surface area contributed by atoms with Gasteiger partial charge >= 0.3 is 0 Å². The van der Waals surface area contributed by atoms with Gasteiger partial charge in [-0.25, -0.2) is 4.39 Å².